The molecule has 5 nitrogen and oxygen atoms in total. The van der Waals surface area contributed by atoms with Crippen molar-refractivity contribution in [1.29, 1.82) is 0 Å². The van der Waals surface area contributed by atoms with Crippen molar-refractivity contribution in [1.82, 2.24) is 15.0 Å². The van der Waals surface area contributed by atoms with Crippen LogP contribution in [-0.2, 0) is 0 Å². The second-order valence-corrected chi connectivity index (χ2v) is 6.46. The molecule has 0 saturated carbocycles. The van der Waals surface area contributed by atoms with Crippen molar-refractivity contribution in [3.8, 4) is 11.5 Å². The standard InChI is InChI=1S/C14H16BrClN4O/c15-10-4-3-9(7-11(10)16)14-18-13(19-21-14)12(17)8-20-5-1-2-6-20/h3-4,7,12H,1-2,5-6,8,17H2. The highest BCUT2D eigenvalue weighted by molar-refractivity contribution is 9.10. The highest BCUT2D eigenvalue weighted by Gasteiger charge is 2.20. The molecule has 1 saturated heterocycles. The van der Waals surface area contributed by atoms with Crippen LogP contribution in [0.15, 0.2) is 27.2 Å². The lowest BCUT2D eigenvalue weighted by Gasteiger charge is -2.17. The molecule has 0 radical (unpaired) electrons. The van der Waals surface area contributed by atoms with Crippen molar-refractivity contribution in [2.75, 3.05) is 19.6 Å². The van der Waals surface area contributed by atoms with Gasteiger partial charge in [0, 0.05) is 16.6 Å². The molecule has 2 aromatic rings. The first-order valence-electron chi connectivity index (χ1n) is 6.90. The molecule has 1 aromatic carbocycles. The molecule has 2 N–H and O–H groups in total. The van der Waals surface area contributed by atoms with E-state index < -0.39 is 0 Å². The van der Waals surface area contributed by atoms with E-state index in [-0.39, 0.29) is 6.04 Å². The zero-order valence-corrected chi connectivity index (χ0v) is 13.8. The van der Waals surface area contributed by atoms with Crippen LogP contribution in [0.25, 0.3) is 11.5 Å². The molecule has 3 rings (SSSR count). The second-order valence-electron chi connectivity index (χ2n) is 5.20. The van der Waals surface area contributed by atoms with Gasteiger partial charge >= 0.3 is 0 Å². The summed E-state index contributed by atoms with van der Waals surface area (Å²) in [5.74, 6) is 0.979. The zero-order valence-electron chi connectivity index (χ0n) is 11.4. The van der Waals surface area contributed by atoms with Crippen molar-refractivity contribution in [2.24, 2.45) is 5.73 Å². The van der Waals surface area contributed by atoms with Gasteiger partial charge in [0.15, 0.2) is 5.82 Å². The van der Waals surface area contributed by atoms with Crippen molar-refractivity contribution in [3.63, 3.8) is 0 Å². The quantitative estimate of drug-likeness (QED) is 0.893. The molecule has 0 spiro atoms. The maximum atomic E-state index is 6.16. The van der Waals surface area contributed by atoms with Crippen LogP contribution >= 0.6 is 27.5 Å². The van der Waals surface area contributed by atoms with Gasteiger partial charge in [-0.25, -0.2) is 0 Å². The number of benzene rings is 1. The van der Waals surface area contributed by atoms with Gasteiger partial charge in [0.2, 0.25) is 0 Å². The Bertz CT molecular complexity index is 627. The van der Waals surface area contributed by atoms with E-state index in [9.17, 15) is 0 Å². The number of halogens is 2. The maximum Gasteiger partial charge on any atom is 0.258 e. The fourth-order valence-electron chi connectivity index (χ4n) is 2.46. The van der Waals surface area contributed by atoms with Gasteiger partial charge in [-0.05, 0) is 60.1 Å². The molecule has 1 fully saturated rings. The van der Waals surface area contributed by atoms with Crippen LogP contribution in [0.1, 0.15) is 24.7 Å². The average Bonchev–Trinajstić information content (AvgIpc) is 3.12. The highest BCUT2D eigenvalue weighted by atomic mass is 79.9. The Morgan fingerprint density at radius 3 is 2.86 bits per heavy atom. The lowest BCUT2D eigenvalue weighted by molar-refractivity contribution is 0.306. The lowest BCUT2D eigenvalue weighted by atomic mass is 10.2. The summed E-state index contributed by atoms with van der Waals surface area (Å²) in [6, 6.07) is 5.28. The largest absolute Gasteiger partial charge is 0.334 e. The Kier molecular flexibility index (Phi) is 4.59. The maximum absolute atomic E-state index is 6.16. The van der Waals surface area contributed by atoms with Gasteiger partial charge in [-0.15, -0.1) is 0 Å². The van der Waals surface area contributed by atoms with Crippen LogP contribution in [0.4, 0.5) is 0 Å². The van der Waals surface area contributed by atoms with E-state index in [2.05, 4.69) is 31.0 Å². The fourth-order valence-corrected chi connectivity index (χ4v) is 2.88. The van der Waals surface area contributed by atoms with Crippen LogP contribution < -0.4 is 5.73 Å². The van der Waals surface area contributed by atoms with Crippen LogP contribution in [0.5, 0.6) is 0 Å². The van der Waals surface area contributed by atoms with E-state index in [1.165, 1.54) is 12.8 Å². The molecule has 1 aliphatic heterocycles. The molecule has 1 atom stereocenters. The SMILES string of the molecule is NC(CN1CCCC1)c1noc(-c2ccc(Br)c(Cl)c2)n1. The number of aromatic nitrogens is 2. The summed E-state index contributed by atoms with van der Waals surface area (Å²) in [4.78, 5) is 6.72. The molecule has 0 aliphatic carbocycles. The van der Waals surface area contributed by atoms with Crippen LogP contribution in [0.3, 0.4) is 0 Å². The molecular weight excluding hydrogens is 356 g/mol. The number of hydrogen-bond donors (Lipinski definition) is 1. The molecular formula is C14H16BrClN4O. The van der Waals surface area contributed by atoms with E-state index >= 15 is 0 Å². The minimum Gasteiger partial charge on any atom is -0.334 e. The van der Waals surface area contributed by atoms with Crippen LogP contribution in [0, 0.1) is 0 Å². The first kappa shape index (κ1) is 15.0. The smallest absolute Gasteiger partial charge is 0.258 e. The predicted molar refractivity (Wildman–Crippen MR) is 85.0 cm³/mol. The molecule has 0 bridgehead atoms. The van der Waals surface area contributed by atoms with Crippen molar-refractivity contribution < 1.29 is 4.52 Å². The third-order valence-corrected chi connectivity index (χ3v) is 4.83. The summed E-state index contributed by atoms with van der Waals surface area (Å²) in [5, 5.41) is 4.60. The lowest BCUT2D eigenvalue weighted by Crippen LogP contribution is -2.30. The summed E-state index contributed by atoms with van der Waals surface area (Å²) < 4.78 is 6.13. The highest BCUT2D eigenvalue weighted by Crippen LogP contribution is 2.28. The Balaban J connectivity index is 1.74. The summed E-state index contributed by atoms with van der Waals surface area (Å²) >= 11 is 9.43. The second kappa shape index (κ2) is 6.44. The monoisotopic (exact) mass is 370 g/mol. The number of nitrogens with zero attached hydrogens (tertiary/aromatic N) is 3. The third kappa shape index (κ3) is 3.45. The number of likely N-dealkylation sites (tertiary alicyclic amines) is 1. The predicted octanol–water partition coefficient (Wildman–Crippen LogP) is 3.25. The van der Waals surface area contributed by atoms with Gasteiger partial charge in [0.05, 0.1) is 11.1 Å². The summed E-state index contributed by atoms with van der Waals surface area (Å²) in [7, 11) is 0. The summed E-state index contributed by atoms with van der Waals surface area (Å²) in [6.07, 6.45) is 2.48. The Morgan fingerprint density at radius 2 is 2.14 bits per heavy atom. The van der Waals surface area contributed by atoms with Gasteiger partial charge in [-0.3, -0.25) is 0 Å². The topological polar surface area (TPSA) is 68.2 Å². The first-order valence-corrected chi connectivity index (χ1v) is 8.07. The molecule has 1 unspecified atom stereocenters. The van der Waals surface area contributed by atoms with Gasteiger partial charge in [-0.2, -0.15) is 4.98 Å². The molecule has 1 aliphatic rings. The van der Waals surface area contributed by atoms with Crippen LogP contribution in [0.2, 0.25) is 5.02 Å². The van der Waals surface area contributed by atoms with Gasteiger partial charge < -0.3 is 15.2 Å². The normalized spacial score (nSPS) is 17.3. The van der Waals surface area contributed by atoms with Crippen molar-refractivity contribution in [3.05, 3.63) is 33.5 Å². The Hall–Kier alpha value is -0.950. The minimum absolute atomic E-state index is 0.230. The van der Waals surface area contributed by atoms with Gasteiger partial charge in [0.1, 0.15) is 0 Å². The Morgan fingerprint density at radius 1 is 1.38 bits per heavy atom. The van der Waals surface area contributed by atoms with Crippen molar-refractivity contribution in [2.45, 2.75) is 18.9 Å². The molecule has 1 aromatic heterocycles. The molecule has 112 valence electrons. The summed E-state index contributed by atoms with van der Waals surface area (Å²) in [5.41, 5.74) is 6.95. The van der Waals surface area contributed by atoms with E-state index in [1.807, 2.05) is 12.1 Å². The van der Waals surface area contributed by atoms with E-state index in [4.69, 9.17) is 21.9 Å². The number of rotatable bonds is 4. The first-order chi connectivity index (χ1) is 10.1. The molecule has 0 amide bonds. The Labute approximate surface area is 136 Å². The summed E-state index contributed by atoms with van der Waals surface area (Å²) in [6.45, 7) is 2.96. The number of hydrogen-bond acceptors (Lipinski definition) is 5. The average molecular weight is 372 g/mol. The zero-order chi connectivity index (χ0) is 14.8. The third-order valence-electron chi connectivity index (χ3n) is 3.59. The van der Waals surface area contributed by atoms with E-state index in [0.29, 0.717) is 16.7 Å². The fraction of sp³-hybridized carbons (Fsp3) is 0.429. The van der Waals surface area contributed by atoms with Gasteiger partial charge in [-0.1, -0.05) is 16.8 Å². The minimum atomic E-state index is -0.230. The van der Waals surface area contributed by atoms with E-state index in [1.54, 1.807) is 6.07 Å². The molecule has 21 heavy (non-hydrogen) atoms. The molecule has 2 heterocycles. The van der Waals surface area contributed by atoms with Crippen LogP contribution in [-0.4, -0.2) is 34.7 Å². The molecule has 7 heteroatoms. The van der Waals surface area contributed by atoms with Crippen molar-refractivity contribution >= 4 is 27.5 Å². The van der Waals surface area contributed by atoms with Gasteiger partial charge in [0.25, 0.3) is 5.89 Å². The number of nitrogens with two attached hydrogens (primary N) is 1. The van der Waals surface area contributed by atoms with E-state index in [0.717, 1.165) is 29.7 Å².